The standard InChI is InChI=1S/C16H11NO6/c18-11-5-6-12(19)15(11)23-16(22)9-1-3-10(4-2-9)17-13(20)7-8-14(17)21/h1-4,7-8,15H,5-6H2. The lowest BCUT2D eigenvalue weighted by molar-refractivity contribution is -0.133. The SMILES string of the molecule is O=C(OC1C(=O)CCC1=O)c1ccc(N2C(=O)C=CC2=O)cc1. The van der Waals surface area contributed by atoms with Crippen LogP contribution in [0.2, 0.25) is 0 Å². The van der Waals surface area contributed by atoms with E-state index >= 15 is 0 Å². The molecule has 3 rings (SSSR count). The second-order valence-electron chi connectivity index (χ2n) is 5.11. The van der Waals surface area contributed by atoms with Crippen molar-refractivity contribution in [3.8, 4) is 0 Å². The maximum Gasteiger partial charge on any atom is 0.339 e. The lowest BCUT2D eigenvalue weighted by Gasteiger charge is -2.14. The molecule has 116 valence electrons. The number of anilines is 1. The molecule has 1 aliphatic heterocycles. The van der Waals surface area contributed by atoms with E-state index in [1.807, 2.05) is 0 Å². The Bertz CT molecular complexity index is 727. The molecule has 0 spiro atoms. The van der Waals surface area contributed by atoms with E-state index in [9.17, 15) is 24.0 Å². The Balaban J connectivity index is 1.73. The number of ketones is 2. The van der Waals surface area contributed by atoms with Gasteiger partial charge in [0.25, 0.3) is 11.8 Å². The molecule has 0 unspecified atom stereocenters. The van der Waals surface area contributed by atoms with Crippen LogP contribution < -0.4 is 4.90 Å². The molecule has 1 aromatic rings. The molecule has 0 bridgehead atoms. The first kappa shape index (κ1) is 14.8. The fraction of sp³-hybridized carbons (Fsp3) is 0.188. The average molecular weight is 313 g/mol. The second kappa shape index (κ2) is 5.60. The number of carbonyl (C=O) groups excluding carboxylic acids is 5. The minimum Gasteiger partial charge on any atom is -0.443 e. The number of Topliss-reactive ketones (excluding diaryl/α,β-unsaturated/α-hetero) is 2. The van der Waals surface area contributed by atoms with Crippen molar-refractivity contribution in [1.29, 1.82) is 0 Å². The molecule has 23 heavy (non-hydrogen) atoms. The van der Waals surface area contributed by atoms with Crippen molar-refractivity contribution in [2.24, 2.45) is 0 Å². The van der Waals surface area contributed by atoms with E-state index in [-0.39, 0.29) is 18.4 Å². The Morgan fingerprint density at radius 1 is 0.913 bits per heavy atom. The Labute approximate surface area is 130 Å². The highest BCUT2D eigenvalue weighted by atomic mass is 16.6. The lowest BCUT2D eigenvalue weighted by atomic mass is 10.2. The van der Waals surface area contributed by atoms with Gasteiger partial charge in [-0.3, -0.25) is 19.2 Å². The molecule has 7 heteroatoms. The highest BCUT2D eigenvalue weighted by molar-refractivity contribution is 6.28. The third kappa shape index (κ3) is 2.68. The van der Waals surface area contributed by atoms with Crippen molar-refractivity contribution in [2.75, 3.05) is 4.90 Å². The average Bonchev–Trinajstić information content (AvgIpc) is 3.03. The molecule has 1 saturated carbocycles. The monoisotopic (exact) mass is 313 g/mol. The maximum atomic E-state index is 12.0. The van der Waals surface area contributed by atoms with Crippen LogP contribution in [0.4, 0.5) is 5.69 Å². The van der Waals surface area contributed by atoms with Gasteiger partial charge in [0.1, 0.15) is 0 Å². The molecule has 1 aromatic carbocycles. The molecule has 2 aliphatic rings. The highest BCUT2D eigenvalue weighted by Crippen LogP contribution is 2.21. The Kier molecular flexibility index (Phi) is 3.61. The molecular formula is C16H11NO6. The smallest absolute Gasteiger partial charge is 0.339 e. The van der Waals surface area contributed by atoms with Crippen LogP contribution in [0, 0.1) is 0 Å². The number of hydrogen-bond acceptors (Lipinski definition) is 6. The summed E-state index contributed by atoms with van der Waals surface area (Å²) in [7, 11) is 0. The third-order valence-corrected chi connectivity index (χ3v) is 3.60. The molecule has 0 aromatic heterocycles. The molecule has 1 fully saturated rings. The zero-order chi connectivity index (χ0) is 16.6. The van der Waals surface area contributed by atoms with Crippen LogP contribution in [0.1, 0.15) is 23.2 Å². The lowest BCUT2D eigenvalue weighted by Crippen LogP contribution is -2.30. The molecule has 7 nitrogen and oxygen atoms in total. The summed E-state index contributed by atoms with van der Waals surface area (Å²) in [6.45, 7) is 0. The van der Waals surface area contributed by atoms with Gasteiger partial charge >= 0.3 is 5.97 Å². The summed E-state index contributed by atoms with van der Waals surface area (Å²) in [5, 5.41) is 0. The largest absolute Gasteiger partial charge is 0.443 e. The van der Waals surface area contributed by atoms with E-state index in [2.05, 4.69) is 0 Å². The van der Waals surface area contributed by atoms with E-state index in [0.29, 0.717) is 5.69 Å². The number of hydrogen-bond donors (Lipinski definition) is 0. The number of ether oxygens (including phenoxy) is 1. The van der Waals surface area contributed by atoms with Crippen molar-refractivity contribution < 1.29 is 28.7 Å². The van der Waals surface area contributed by atoms with E-state index in [1.54, 1.807) is 0 Å². The van der Waals surface area contributed by atoms with E-state index in [4.69, 9.17) is 4.74 Å². The van der Waals surface area contributed by atoms with Crippen LogP contribution in [-0.2, 0) is 23.9 Å². The van der Waals surface area contributed by atoms with Gasteiger partial charge in [-0.05, 0) is 24.3 Å². The first-order chi connectivity index (χ1) is 11.0. The van der Waals surface area contributed by atoms with Gasteiger partial charge in [-0.25, -0.2) is 9.69 Å². The van der Waals surface area contributed by atoms with Crippen LogP contribution in [-0.4, -0.2) is 35.5 Å². The number of carbonyl (C=O) groups is 5. The van der Waals surface area contributed by atoms with Gasteiger partial charge in [0.15, 0.2) is 11.6 Å². The molecule has 0 N–H and O–H groups in total. The van der Waals surface area contributed by atoms with Gasteiger partial charge in [0.2, 0.25) is 6.10 Å². The minimum atomic E-state index is -1.33. The molecule has 0 saturated heterocycles. The Morgan fingerprint density at radius 2 is 1.43 bits per heavy atom. The zero-order valence-electron chi connectivity index (χ0n) is 11.9. The summed E-state index contributed by atoms with van der Waals surface area (Å²) in [4.78, 5) is 59.0. The van der Waals surface area contributed by atoms with Gasteiger partial charge in [0, 0.05) is 25.0 Å². The van der Waals surface area contributed by atoms with Gasteiger partial charge in [-0.15, -0.1) is 0 Å². The highest BCUT2D eigenvalue weighted by Gasteiger charge is 2.36. The molecular weight excluding hydrogens is 302 g/mol. The van der Waals surface area contributed by atoms with Gasteiger partial charge < -0.3 is 4.74 Å². The van der Waals surface area contributed by atoms with Gasteiger partial charge in [0.05, 0.1) is 11.3 Å². The number of imide groups is 1. The van der Waals surface area contributed by atoms with Crippen LogP contribution in [0.25, 0.3) is 0 Å². The summed E-state index contributed by atoms with van der Waals surface area (Å²) in [6, 6.07) is 5.55. The quantitative estimate of drug-likeness (QED) is 0.460. The Morgan fingerprint density at radius 3 is 1.96 bits per heavy atom. The predicted molar refractivity (Wildman–Crippen MR) is 76.5 cm³/mol. The fourth-order valence-electron chi connectivity index (χ4n) is 2.40. The molecule has 0 radical (unpaired) electrons. The number of benzene rings is 1. The summed E-state index contributed by atoms with van der Waals surface area (Å²) in [6.07, 6.45) is 1.15. The summed E-state index contributed by atoms with van der Waals surface area (Å²) < 4.78 is 4.93. The first-order valence-electron chi connectivity index (χ1n) is 6.90. The third-order valence-electron chi connectivity index (χ3n) is 3.60. The molecule has 0 atom stereocenters. The second-order valence-corrected chi connectivity index (χ2v) is 5.11. The van der Waals surface area contributed by atoms with Crippen LogP contribution in [0.3, 0.4) is 0 Å². The van der Waals surface area contributed by atoms with Crippen molar-refractivity contribution >= 4 is 35.0 Å². The summed E-state index contributed by atoms with van der Waals surface area (Å²) in [5.41, 5.74) is 0.433. The summed E-state index contributed by atoms with van der Waals surface area (Å²) in [5.74, 6) is -2.54. The van der Waals surface area contributed by atoms with Crippen molar-refractivity contribution in [2.45, 2.75) is 18.9 Å². The topological polar surface area (TPSA) is 97.8 Å². The molecule has 1 aliphatic carbocycles. The zero-order valence-corrected chi connectivity index (χ0v) is 11.9. The predicted octanol–water partition coefficient (Wildman–Crippen LogP) is 0.573. The van der Waals surface area contributed by atoms with Gasteiger partial charge in [-0.2, -0.15) is 0 Å². The van der Waals surface area contributed by atoms with Gasteiger partial charge in [-0.1, -0.05) is 0 Å². The van der Waals surface area contributed by atoms with Crippen LogP contribution in [0.5, 0.6) is 0 Å². The minimum absolute atomic E-state index is 0.0852. The number of amides is 2. The van der Waals surface area contributed by atoms with Crippen molar-refractivity contribution in [3.63, 3.8) is 0 Å². The van der Waals surface area contributed by atoms with Crippen molar-refractivity contribution in [1.82, 2.24) is 0 Å². The number of nitrogens with zero attached hydrogens (tertiary/aromatic N) is 1. The number of rotatable bonds is 3. The van der Waals surface area contributed by atoms with Crippen LogP contribution in [0.15, 0.2) is 36.4 Å². The first-order valence-corrected chi connectivity index (χ1v) is 6.90. The van der Waals surface area contributed by atoms with Crippen molar-refractivity contribution in [3.05, 3.63) is 42.0 Å². The normalized spacial score (nSPS) is 18.2. The fourth-order valence-corrected chi connectivity index (χ4v) is 2.40. The Hall–Kier alpha value is -3.09. The number of esters is 1. The van der Waals surface area contributed by atoms with E-state index in [0.717, 1.165) is 17.1 Å². The van der Waals surface area contributed by atoms with E-state index < -0.39 is 35.5 Å². The maximum absolute atomic E-state index is 12.0. The summed E-state index contributed by atoms with van der Waals surface area (Å²) >= 11 is 0. The van der Waals surface area contributed by atoms with E-state index in [1.165, 1.54) is 24.3 Å². The molecule has 1 heterocycles. The molecule has 2 amide bonds. The van der Waals surface area contributed by atoms with Crippen LogP contribution >= 0.6 is 0 Å².